The highest BCUT2D eigenvalue weighted by Gasteiger charge is 2.27. The van der Waals surface area contributed by atoms with Gasteiger partial charge in [-0.25, -0.2) is 8.42 Å². The molecule has 0 aliphatic heterocycles. The monoisotopic (exact) mass is 468 g/mol. The maximum atomic E-state index is 13.2. The van der Waals surface area contributed by atoms with E-state index in [1.807, 2.05) is 0 Å². The van der Waals surface area contributed by atoms with Gasteiger partial charge in [-0.1, -0.05) is 59.1 Å². The highest BCUT2D eigenvalue weighted by Crippen LogP contribution is 2.27. The Morgan fingerprint density at radius 3 is 2.24 bits per heavy atom. The van der Waals surface area contributed by atoms with Gasteiger partial charge in [0.2, 0.25) is 5.91 Å². The second-order valence-corrected chi connectivity index (χ2v) is 9.09. The Morgan fingerprint density at radius 2 is 1.59 bits per heavy atom. The van der Waals surface area contributed by atoms with Crippen molar-refractivity contribution in [2.24, 2.45) is 0 Å². The molecule has 5 nitrogen and oxygen atoms in total. The van der Waals surface area contributed by atoms with E-state index in [0.29, 0.717) is 15.7 Å². The zero-order valence-electron chi connectivity index (χ0n) is 14.8. The molecule has 0 spiro atoms. The van der Waals surface area contributed by atoms with Gasteiger partial charge in [-0.3, -0.25) is 9.10 Å². The number of halogens is 3. The summed E-state index contributed by atoms with van der Waals surface area (Å²) < 4.78 is 27.4. The van der Waals surface area contributed by atoms with E-state index in [1.54, 1.807) is 42.5 Å². The summed E-state index contributed by atoms with van der Waals surface area (Å²) in [7, 11) is -4.01. The van der Waals surface area contributed by atoms with E-state index in [1.165, 1.54) is 30.3 Å². The van der Waals surface area contributed by atoms with Gasteiger partial charge >= 0.3 is 0 Å². The molecular weight excluding hydrogens is 455 g/mol. The molecule has 3 rings (SSSR count). The Labute approximate surface area is 183 Å². The number of carbonyl (C=O) groups excluding carboxylic acids is 1. The topological polar surface area (TPSA) is 66.5 Å². The third kappa shape index (κ3) is 5.22. The number of anilines is 2. The number of hydrogen-bond donors (Lipinski definition) is 1. The Hall–Kier alpha value is -2.25. The molecule has 1 N–H and O–H groups in total. The molecule has 0 bridgehead atoms. The third-order valence-corrected chi connectivity index (χ3v) is 6.68. The minimum atomic E-state index is -4.01. The molecule has 150 valence electrons. The summed E-state index contributed by atoms with van der Waals surface area (Å²) in [6, 6.07) is 18.7. The molecule has 0 saturated carbocycles. The van der Waals surface area contributed by atoms with Crippen LogP contribution < -0.4 is 9.62 Å². The van der Waals surface area contributed by atoms with E-state index in [9.17, 15) is 13.2 Å². The lowest BCUT2D eigenvalue weighted by atomic mass is 10.3. The van der Waals surface area contributed by atoms with Gasteiger partial charge in [-0.05, 0) is 48.5 Å². The van der Waals surface area contributed by atoms with Crippen molar-refractivity contribution in [2.45, 2.75) is 4.90 Å². The molecule has 9 heteroatoms. The van der Waals surface area contributed by atoms with Gasteiger partial charge in [-0.2, -0.15) is 0 Å². The molecule has 29 heavy (non-hydrogen) atoms. The molecule has 0 radical (unpaired) electrons. The van der Waals surface area contributed by atoms with Gasteiger partial charge in [0.15, 0.2) is 0 Å². The van der Waals surface area contributed by atoms with Crippen LogP contribution >= 0.6 is 34.8 Å². The number of benzene rings is 3. The number of nitrogens with one attached hydrogen (secondary N) is 1. The molecule has 0 heterocycles. The average Bonchev–Trinajstić information content (AvgIpc) is 2.69. The predicted molar refractivity (Wildman–Crippen MR) is 118 cm³/mol. The number of hydrogen-bond acceptors (Lipinski definition) is 3. The first-order valence-electron chi connectivity index (χ1n) is 8.35. The Balaban J connectivity index is 1.93. The maximum Gasteiger partial charge on any atom is 0.264 e. The number of rotatable bonds is 6. The predicted octanol–water partition coefficient (Wildman–Crippen LogP) is 5.48. The van der Waals surface area contributed by atoms with Gasteiger partial charge < -0.3 is 5.32 Å². The largest absolute Gasteiger partial charge is 0.324 e. The van der Waals surface area contributed by atoms with Gasteiger partial charge in [-0.15, -0.1) is 0 Å². The van der Waals surface area contributed by atoms with Gasteiger partial charge in [0.1, 0.15) is 6.54 Å². The maximum absolute atomic E-state index is 13.2. The molecule has 0 aromatic heterocycles. The lowest BCUT2D eigenvalue weighted by Crippen LogP contribution is -2.38. The molecule has 0 aliphatic carbocycles. The van der Waals surface area contributed by atoms with Crippen molar-refractivity contribution in [3.8, 4) is 0 Å². The van der Waals surface area contributed by atoms with Gasteiger partial charge in [0.05, 0.1) is 20.6 Å². The minimum absolute atomic E-state index is 0.0577. The molecule has 0 atom stereocenters. The van der Waals surface area contributed by atoms with E-state index < -0.39 is 22.5 Å². The summed E-state index contributed by atoms with van der Waals surface area (Å²) >= 11 is 17.9. The second kappa shape index (κ2) is 9.05. The zero-order valence-corrected chi connectivity index (χ0v) is 17.9. The van der Waals surface area contributed by atoms with E-state index in [4.69, 9.17) is 34.8 Å². The van der Waals surface area contributed by atoms with Crippen LogP contribution in [0.15, 0.2) is 77.7 Å². The summed E-state index contributed by atoms with van der Waals surface area (Å²) in [5.41, 5.74) is 0.665. The molecule has 1 amide bonds. The Kier molecular flexibility index (Phi) is 6.70. The normalized spacial score (nSPS) is 11.1. The van der Waals surface area contributed by atoms with Crippen LogP contribution in [0.2, 0.25) is 15.1 Å². The lowest BCUT2D eigenvalue weighted by Gasteiger charge is -2.24. The number of nitrogens with zero attached hydrogens (tertiary/aromatic N) is 1. The summed E-state index contributed by atoms with van der Waals surface area (Å²) in [6.45, 7) is -0.461. The molecular formula is C20H15Cl3N2O3S. The molecule has 3 aromatic rings. The van der Waals surface area contributed by atoms with Gasteiger partial charge in [0.25, 0.3) is 10.0 Å². The number of amides is 1. The van der Waals surface area contributed by atoms with Crippen LogP contribution in [0.1, 0.15) is 0 Å². The Morgan fingerprint density at radius 1 is 0.862 bits per heavy atom. The van der Waals surface area contributed by atoms with Crippen molar-refractivity contribution in [3.05, 3.63) is 87.9 Å². The first-order valence-corrected chi connectivity index (χ1v) is 10.9. The van der Waals surface area contributed by atoms with Crippen LogP contribution in [-0.2, 0) is 14.8 Å². The van der Waals surface area contributed by atoms with Crippen molar-refractivity contribution in [1.29, 1.82) is 0 Å². The summed E-state index contributed by atoms with van der Waals surface area (Å²) in [5, 5.41) is 3.59. The zero-order chi connectivity index (χ0) is 21.0. The summed E-state index contributed by atoms with van der Waals surface area (Å²) in [5.74, 6) is -0.553. The van der Waals surface area contributed by atoms with E-state index in [0.717, 1.165) is 4.31 Å². The van der Waals surface area contributed by atoms with Crippen molar-refractivity contribution in [2.75, 3.05) is 16.2 Å². The SMILES string of the molecule is O=C(CN(c1cccc(Cl)c1)S(=O)(=O)c1ccccc1)Nc1ccc(Cl)c(Cl)c1. The molecule has 3 aromatic carbocycles. The van der Waals surface area contributed by atoms with Crippen LogP contribution in [0.5, 0.6) is 0 Å². The smallest absolute Gasteiger partial charge is 0.264 e. The highest BCUT2D eigenvalue weighted by molar-refractivity contribution is 7.92. The first-order chi connectivity index (χ1) is 13.8. The van der Waals surface area contributed by atoms with Crippen molar-refractivity contribution >= 4 is 62.1 Å². The lowest BCUT2D eigenvalue weighted by molar-refractivity contribution is -0.114. The standard InChI is InChI=1S/C20H15Cl3N2O3S/c21-14-5-4-6-16(11-14)25(29(27,28)17-7-2-1-3-8-17)13-20(26)24-15-9-10-18(22)19(23)12-15/h1-12H,13H2,(H,24,26). The quantitative estimate of drug-likeness (QED) is 0.520. The summed E-state index contributed by atoms with van der Waals surface area (Å²) in [6.07, 6.45) is 0. The fourth-order valence-corrected chi connectivity index (χ4v) is 4.49. The van der Waals surface area contributed by atoms with Crippen molar-refractivity contribution < 1.29 is 13.2 Å². The van der Waals surface area contributed by atoms with E-state index >= 15 is 0 Å². The van der Waals surface area contributed by atoms with Crippen LogP contribution in [0.25, 0.3) is 0 Å². The van der Waals surface area contributed by atoms with Gasteiger partial charge in [0, 0.05) is 10.7 Å². The van der Waals surface area contributed by atoms with Crippen LogP contribution in [-0.4, -0.2) is 20.9 Å². The van der Waals surface area contributed by atoms with Crippen LogP contribution in [0.4, 0.5) is 11.4 Å². The molecule has 0 fully saturated rings. The fourth-order valence-electron chi connectivity index (χ4n) is 2.57. The minimum Gasteiger partial charge on any atom is -0.324 e. The van der Waals surface area contributed by atoms with Crippen LogP contribution in [0, 0.1) is 0 Å². The number of sulfonamides is 1. The third-order valence-electron chi connectivity index (χ3n) is 3.92. The summed E-state index contributed by atoms with van der Waals surface area (Å²) in [4.78, 5) is 12.7. The Bertz CT molecular complexity index is 1140. The van der Waals surface area contributed by atoms with E-state index in [-0.39, 0.29) is 15.6 Å². The van der Waals surface area contributed by atoms with Crippen molar-refractivity contribution in [1.82, 2.24) is 0 Å². The molecule has 0 aliphatic rings. The highest BCUT2D eigenvalue weighted by atomic mass is 35.5. The number of carbonyl (C=O) groups is 1. The van der Waals surface area contributed by atoms with E-state index in [2.05, 4.69) is 5.32 Å². The van der Waals surface area contributed by atoms with Crippen LogP contribution in [0.3, 0.4) is 0 Å². The molecule has 0 unspecified atom stereocenters. The average molecular weight is 470 g/mol. The molecule has 0 saturated heterocycles. The van der Waals surface area contributed by atoms with Crippen molar-refractivity contribution in [3.63, 3.8) is 0 Å². The second-order valence-electron chi connectivity index (χ2n) is 5.98. The fraction of sp³-hybridized carbons (Fsp3) is 0.0500. The first kappa shape index (κ1) is 21.5.